The van der Waals surface area contributed by atoms with E-state index in [1.54, 1.807) is 72.8 Å². The Kier molecular flexibility index (Phi) is 3.56. The Morgan fingerprint density at radius 1 is 0.294 bits per heavy atom. The van der Waals surface area contributed by atoms with Crippen LogP contribution in [0.3, 0.4) is 0 Å². The van der Waals surface area contributed by atoms with Gasteiger partial charge in [-0.2, -0.15) is 0 Å². The molecule has 0 aliphatic carbocycles. The van der Waals surface area contributed by atoms with Gasteiger partial charge in [0.25, 0.3) is 0 Å². The Balaban J connectivity index is 1.70. The van der Waals surface area contributed by atoms with Crippen molar-refractivity contribution in [3.8, 4) is 0 Å². The SMILES string of the molecule is O=c1c2ccccc2c(=O)c2cc3c(ccc4cc5c(=O)c6ccccc6c(=O)c5cc43)cc12. The second-order valence-electron chi connectivity index (χ2n) is 8.71. The molecule has 7 rings (SSSR count). The van der Waals surface area contributed by atoms with Crippen molar-refractivity contribution >= 4 is 64.6 Å². The van der Waals surface area contributed by atoms with Gasteiger partial charge in [-0.1, -0.05) is 60.7 Å². The number of hydrogen-bond donors (Lipinski definition) is 0. The molecule has 7 aromatic carbocycles. The first-order valence-corrected chi connectivity index (χ1v) is 10.9. The molecule has 0 unspecified atom stereocenters. The van der Waals surface area contributed by atoms with Crippen LogP contribution < -0.4 is 21.7 Å². The molecule has 4 heteroatoms. The zero-order valence-electron chi connectivity index (χ0n) is 17.7. The zero-order chi connectivity index (χ0) is 23.1. The maximum absolute atomic E-state index is 13.2. The fraction of sp³-hybridized carbons (Fsp3) is 0. The van der Waals surface area contributed by atoms with E-state index < -0.39 is 0 Å². The lowest BCUT2D eigenvalue weighted by Crippen LogP contribution is -2.13. The van der Waals surface area contributed by atoms with E-state index >= 15 is 0 Å². The largest absolute Gasteiger partial charge is 0.289 e. The molecule has 0 heterocycles. The van der Waals surface area contributed by atoms with Crippen molar-refractivity contribution in [2.45, 2.75) is 0 Å². The first-order chi connectivity index (χ1) is 16.5. The standard InChI is InChI=1S/C30H14O4/c31-27-17-5-1-3-7-19(17)29(33)25-13-21-15(11-23(25)27)9-10-16-12-24-26(14-22(16)21)30(34)20-8-4-2-6-18(20)28(24)32/h1-14H. The highest BCUT2D eigenvalue weighted by molar-refractivity contribution is 6.17. The van der Waals surface area contributed by atoms with Crippen LogP contribution in [0.25, 0.3) is 64.6 Å². The molecule has 0 fully saturated rings. The van der Waals surface area contributed by atoms with Gasteiger partial charge in [-0.05, 0) is 45.8 Å². The third-order valence-corrected chi connectivity index (χ3v) is 6.92. The minimum atomic E-state index is -0.192. The van der Waals surface area contributed by atoms with Gasteiger partial charge in [-0.3, -0.25) is 19.2 Å². The summed E-state index contributed by atoms with van der Waals surface area (Å²) in [5.74, 6) is 0. The third kappa shape index (κ3) is 2.32. The van der Waals surface area contributed by atoms with Gasteiger partial charge in [0.05, 0.1) is 0 Å². The summed E-state index contributed by atoms with van der Waals surface area (Å²) in [6, 6.07) is 24.5. The van der Waals surface area contributed by atoms with E-state index in [0.717, 1.165) is 21.5 Å². The lowest BCUT2D eigenvalue weighted by molar-refractivity contribution is 1.67. The molecule has 0 saturated heterocycles. The molecular formula is C30H14O4. The monoisotopic (exact) mass is 438 g/mol. The second-order valence-corrected chi connectivity index (χ2v) is 8.71. The van der Waals surface area contributed by atoms with Crippen LogP contribution in [0.4, 0.5) is 0 Å². The van der Waals surface area contributed by atoms with Crippen LogP contribution in [0.2, 0.25) is 0 Å². The molecule has 0 aliphatic heterocycles. The maximum Gasteiger partial charge on any atom is 0.194 e. The molecule has 0 N–H and O–H groups in total. The molecule has 7 aromatic rings. The molecular weight excluding hydrogens is 424 g/mol. The van der Waals surface area contributed by atoms with Crippen molar-refractivity contribution in [3.05, 3.63) is 126 Å². The molecule has 158 valence electrons. The van der Waals surface area contributed by atoms with Crippen molar-refractivity contribution in [2.75, 3.05) is 0 Å². The van der Waals surface area contributed by atoms with Crippen molar-refractivity contribution in [3.63, 3.8) is 0 Å². The van der Waals surface area contributed by atoms with Gasteiger partial charge in [-0.25, -0.2) is 0 Å². The van der Waals surface area contributed by atoms with E-state index in [0.29, 0.717) is 43.1 Å². The zero-order valence-corrected chi connectivity index (χ0v) is 17.7. The summed E-state index contributed by atoms with van der Waals surface area (Å²) in [5, 5.41) is 6.21. The van der Waals surface area contributed by atoms with Gasteiger partial charge in [0.15, 0.2) is 21.7 Å². The summed E-state index contributed by atoms with van der Waals surface area (Å²) in [4.78, 5) is 52.7. The molecule has 34 heavy (non-hydrogen) atoms. The molecule has 0 atom stereocenters. The minimum absolute atomic E-state index is 0.171. The Morgan fingerprint density at radius 2 is 0.588 bits per heavy atom. The van der Waals surface area contributed by atoms with Gasteiger partial charge >= 0.3 is 0 Å². The highest BCUT2D eigenvalue weighted by atomic mass is 16.1. The van der Waals surface area contributed by atoms with Crippen molar-refractivity contribution in [1.82, 2.24) is 0 Å². The van der Waals surface area contributed by atoms with Gasteiger partial charge in [0, 0.05) is 43.1 Å². The van der Waals surface area contributed by atoms with Crippen molar-refractivity contribution in [2.24, 2.45) is 0 Å². The Bertz CT molecular complexity index is 2090. The molecule has 0 aromatic heterocycles. The van der Waals surface area contributed by atoms with Crippen LogP contribution in [-0.4, -0.2) is 0 Å². The highest BCUT2D eigenvalue weighted by Gasteiger charge is 2.15. The molecule has 0 amide bonds. The van der Waals surface area contributed by atoms with Crippen molar-refractivity contribution in [1.29, 1.82) is 0 Å². The van der Waals surface area contributed by atoms with E-state index in [4.69, 9.17) is 0 Å². The smallest absolute Gasteiger partial charge is 0.194 e. The van der Waals surface area contributed by atoms with Gasteiger partial charge in [0.2, 0.25) is 0 Å². The van der Waals surface area contributed by atoms with Gasteiger partial charge in [0.1, 0.15) is 0 Å². The summed E-state index contributed by atoms with van der Waals surface area (Å²) in [5.41, 5.74) is -0.727. The van der Waals surface area contributed by atoms with Crippen LogP contribution in [0.5, 0.6) is 0 Å². The summed E-state index contributed by atoms with van der Waals surface area (Å²) < 4.78 is 0. The lowest BCUT2D eigenvalue weighted by Gasteiger charge is -2.09. The second kappa shape index (κ2) is 6.42. The van der Waals surface area contributed by atoms with Crippen LogP contribution in [0.1, 0.15) is 0 Å². The summed E-state index contributed by atoms with van der Waals surface area (Å²) in [7, 11) is 0. The fourth-order valence-corrected chi connectivity index (χ4v) is 5.24. The highest BCUT2D eigenvalue weighted by Crippen LogP contribution is 2.30. The molecule has 0 saturated carbocycles. The predicted molar refractivity (Wildman–Crippen MR) is 139 cm³/mol. The van der Waals surface area contributed by atoms with Crippen LogP contribution >= 0.6 is 0 Å². The maximum atomic E-state index is 13.2. The minimum Gasteiger partial charge on any atom is -0.289 e. The van der Waals surface area contributed by atoms with Crippen LogP contribution in [0.15, 0.2) is 104 Å². The normalized spacial score (nSPS) is 12.0. The summed E-state index contributed by atoms with van der Waals surface area (Å²) in [6.45, 7) is 0. The predicted octanol–water partition coefficient (Wildman–Crippen LogP) is 4.92. The molecule has 0 radical (unpaired) electrons. The third-order valence-electron chi connectivity index (χ3n) is 6.92. The van der Waals surface area contributed by atoms with Crippen LogP contribution in [0, 0.1) is 0 Å². The Labute approximate surface area is 190 Å². The first-order valence-electron chi connectivity index (χ1n) is 10.9. The lowest BCUT2D eigenvalue weighted by atomic mass is 9.93. The van der Waals surface area contributed by atoms with Gasteiger partial charge in [-0.15, -0.1) is 0 Å². The molecule has 0 bridgehead atoms. The quantitative estimate of drug-likeness (QED) is 0.249. The Morgan fingerprint density at radius 3 is 0.912 bits per heavy atom. The molecule has 4 nitrogen and oxygen atoms in total. The number of hydrogen-bond acceptors (Lipinski definition) is 4. The number of rotatable bonds is 0. The van der Waals surface area contributed by atoms with E-state index in [9.17, 15) is 19.2 Å². The number of benzene rings is 7. The van der Waals surface area contributed by atoms with E-state index in [1.807, 2.05) is 12.1 Å². The van der Waals surface area contributed by atoms with E-state index in [-0.39, 0.29) is 21.7 Å². The Hall–Kier alpha value is -4.70. The van der Waals surface area contributed by atoms with E-state index in [1.165, 1.54) is 0 Å². The average Bonchev–Trinajstić information content (AvgIpc) is 2.88. The van der Waals surface area contributed by atoms with Crippen LogP contribution in [-0.2, 0) is 0 Å². The average molecular weight is 438 g/mol. The molecule has 0 aliphatic rings. The van der Waals surface area contributed by atoms with E-state index in [2.05, 4.69) is 0 Å². The number of fused-ring (bicyclic) bond motifs is 7. The topological polar surface area (TPSA) is 68.3 Å². The van der Waals surface area contributed by atoms with Crippen molar-refractivity contribution < 1.29 is 0 Å². The molecule has 0 spiro atoms. The van der Waals surface area contributed by atoms with Gasteiger partial charge < -0.3 is 0 Å². The first kappa shape index (κ1) is 18.8. The summed E-state index contributed by atoms with van der Waals surface area (Å²) >= 11 is 0. The summed E-state index contributed by atoms with van der Waals surface area (Å²) in [6.07, 6.45) is 0. The fourth-order valence-electron chi connectivity index (χ4n) is 5.24.